The van der Waals surface area contributed by atoms with E-state index in [4.69, 9.17) is 27.9 Å². The van der Waals surface area contributed by atoms with Crippen LogP contribution in [0.1, 0.15) is 20.3 Å². The third kappa shape index (κ3) is 4.64. The summed E-state index contributed by atoms with van der Waals surface area (Å²) < 4.78 is 4.83. The van der Waals surface area contributed by atoms with Crippen LogP contribution >= 0.6 is 23.2 Å². The maximum absolute atomic E-state index is 12.0. The van der Waals surface area contributed by atoms with Gasteiger partial charge in [-0.2, -0.15) is 0 Å². The van der Waals surface area contributed by atoms with Crippen LogP contribution in [0.15, 0.2) is 18.2 Å². The van der Waals surface area contributed by atoms with Crippen LogP contribution in [0, 0.1) is 0 Å². The van der Waals surface area contributed by atoms with Crippen molar-refractivity contribution in [3.8, 4) is 0 Å². The number of amides is 4. The summed E-state index contributed by atoms with van der Waals surface area (Å²) in [5.41, 5.74) is -0.710. The Kier molecular flexibility index (Phi) is 6.09. The number of hydrogen-bond donors (Lipinski definition) is 2. The highest BCUT2D eigenvalue weighted by Crippen LogP contribution is 2.29. The Morgan fingerprint density at radius 3 is 2.58 bits per heavy atom. The van der Waals surface area contributed by atoms with E-state index in [2.05, 4.69) is 10.6 Å². The second-order valence-electron chi connectivity index (χ2n) is 6.07. The summed E-state index contributed by atoms with van der Waals surface area (Å²) in [6.45, 7) is 2.47. The normalized spacial score (nSPS) is 15.6. The van der Waals surface area contributed by atoms with Crippen LogP contribution < -0.4 is 10.6 Å². The van der Waals surface area contributed by atoms with Crippen LogP contribution in [0.3, 0.4) is 0 Å². The molecule has 2 rings (SSSR count). The molecular weight excluding hydrogens is 385 g/mol. The lowest BCUT2D eigenvalue weighted by Gasteiger charge is -2.15. The van der Waals surface area contributed by atoms with Gasteiger partial charge < -0.3 is 15.4 Å². The molecule has 26 heavy (non-hydrogen) atoms. The van der Waals surface area contributed by atoms with Gasteiger partial charge in [0.2, 0.25) is 0 Å². The highest BCUT2D eigenvalue weighted by Gasteiger charge is 2.44. The van der Waals surface area contributed by atoms with Crippen molar-refractivity contribution in [3.05, 3.63) is 28.2 Å². The third-order valence-electron chi connectivity index (χ3n) is 3.57. The van der Waals surface area contributed by atoms with Gasteiger partial charge in [0.1, 0.15) is 5.54 Å². The summed E-state index contributed by atoms with van der Waals surface area (Å²) in [4.78, 5) is 48.2. The Bertz CT molecular complexity index is 766. The minimum Gasteiger partial charge on any atom is -0.456 e. The quantitative estimate of drug-likeness (QED) is 0.561. The van der Waals surface area contributed by atoms with Gasteiger partial charge in [-0.1, -0.05) is 29.3 Å². The topological polar surface area (TPSA) is 105 Å². The second kappa shape index (κ2) is 7.92. The third-order valence-corrected chi connectivity index (χ3v) is 4.39. The molecule has 8 nitrogen and oxygen atoms in total. The van der Waals surface area contributed by atoms with Crippen molar-refractivity contribution in [1.29, 1.82) is 0 Å². The number of carbonyl (C=O) groups is 4. The van der Waals surface area contributed by atoms with E-state index in [1.165, 1.54) is 0 Å². The number of urea groups is 1. The molecule has 0 saturated carbocycles. The van der Waals surface area contributed by atoms with E-state index in [1.54, 1.807) is 32.0 Å². The van der Waals surface area contributed by atoms with Crippen molar-refractivity contribution in [2.24, 2.45) is 0 Å². The molecule has 0 spiro atoms. The molecular formula is C16H17Cl2N3O5. The predicted molar refractivity (Wildman–Crippen MR) is 95.0 cm³/mol. The highest BCUT2D eigenvalue weighted by molar-refractivity contribution is 6.44. The monoisotopic (exact) mass is 401 g/mol. The van der Waals surface area contributed by atoms with E-state index >= 15 is 0 Å². The molecule has 4 amide bonds. The Hall–Kier alpha value is -2.32. The largest absolute Gasteiger partial charge is 0.456 e. The highest BCUT2D eigenvalue weighted by atomic mass is 35.5. The first-order valence-corrected chi connectivity index (χ1v) is 8.41. The fraction of sp³-hybridized carbons (Fsp3) is 0.375. The smallest absolute Gasteiger partial charge is 0.325 e. The molecule has 1 fully saturated rings. The zero-order valence-electron chi connectivity index (χ0n) is 14.1. The average molecular weight is 402 g/mol. The molecule has 0 bridgehead atoms. The van der Waals surface area contributed by atoms with Gasteiger partial charge in [-0.25, -0.2) is 4.79 Å². The van der Waals surface area contributed by atoms with Crippen LogP contribution in [-0.2, 0) is 19.1 Å². The molecule has 1 aliphatic heterocycles. The van der Waals surface area contributed by atoms with Gasteiger partial charge in [0.25, 0.3) is 11.8 Å². The van der Waals surface area contributed by atoms with E-state index in [0.29, 0.717) is 5.69 Å². The van der Waals surface area contributed by atoms with Gasteiger partial charge in [-0.05, 0) is 26.0 Å². The SMILES string of the molecule is CC1(C)NC(=O)N(CCC(=O)OCC(=O)Nc2cccc(Cl)c2Cl)C1=O. The number of nitrogens with zero attached hydrogens (tertiary/aromatic N) is 1. The summed E-state index contributed by atoms with van der Waals surface area (Å²) in [6.07, 6.45) is -0.222. The number of imide groups is 1. The van der Waals surface area contributed by atoms with Gasteiger partial charge in [0.15, 0.2) is 6.61 Å². The van der Waals surface area contributed by atoms with E-state index in [-0.39, 0.29) is 23.0 Å². The van der Waals surface area contributed by atoms with Crippen LogP contribution in [0.2, 0.25) is 10.0 Å². The molecule has 10 heteroatoms. The molecule has 0 atom stereocenters. The molecule has 1 aromatic rings. The number of hydrogen-bond acceptors (Lipinski definition) is 5. The Morgan fingerprint density at radius 1 is 1.27 bits per heavy atom. The van der Waals surface area contributed by atoms with Crippen molar-refractivity contribution in [2.75, 3.05) is 18.5 Å². The number of ether oxygens (including phenoxy) is 1. The van der Waals surface area contributed by atoms with Crippen molar-refractivity contribution in [2.45, 2.75) is 25.8 Å². The fourth-order valence-corrected chi connectivity index (χ4v) is 2.58. The fourth-order valence-electron chi connectivity index (χ4n) is 2.23. The van der Waals surface area contributed by atoms with Crippen LogP contribution in [-0.4, -0.2) is 47.4 Å². The summed E-state index contributed by atoms with van der Waals surface area (Å²) in [5.74, 6) is -1.75. The molecule has 140 valence electrons. The van der Waals surface area contributed by atoms with Gasteiger partial charge in [0, 0.05) is 6.54 Å². The number of carbonyl (C=O) groups excluding carboxylic acids is 4. The van der Waals surface area contributed by atoms with Crippen molar-refractivity contribution < 1.29 is 23.9 Å². The minimum atomic E-state index is -1.00. The van der Waals surface area contributed by atoms with Crippen molar-refractivity contribution in [3.63, 3.8) is 0 Å². The minimum absolute atomic E-state index is 0.130. The number of anilines is 1. The number of nitrogens with one attached hydrogen (secondary N) is 2. The molecule has 0 unspecified atom stereocenters. The van der Waals surface area contributed by atoms with Gasteiger partial charge in [-0.3, -0.25) is 19.3 Å². The molecule has 0 aromatic heterocycles. The Labute approximate surface area is 159 Å². The lowest BCUT2D eigenvalue weighted by atomic mass is 10.1. The number of rotatable bonds is 6. The molecule has 1 heterocycles. The zero-order valence-corrected chi connectivity index (χ0v) is 15.6. The summed E-state index contributed by atoms with van der Waals surface area (Å²) in [5, 5.41) is 5.42. The standard InChI is InChI=1S/C16H17Cl2N3O5/c1-16(2)14(24)21(15(25)20-16)7-6-12(23)26-8-11(22)19-10-5-3-4-9(17)13(10)18/h3-5H,6-8H2,1-2H3,(H,19,22)(H,20,25). The van der Waals surface area contributed by atoms with Crippen LogP contribution in [0.4, 0.5) is 10.5 Å². The molecule has 1 saturated heterocycles. The first kappa shape index (κ1) is 20.0. The van der Waals surface area contributed by atoms with E-state index < -0.39 is 36.0 Å². The van der Waals surface area contributed by atoms with Gasteiger partial charge >= 0.3 is 12.0 Å². The van der Waals surface area contributed by atoms with E-state index in [0.717, 1.165) is 4.90 Å². The average Bonchev–Trinajstić information content (AvgIpc) is 2.76. The molecule has 0 radical (unpaired) electrons. The number of benzene rings is 1. The lowest BCUT2D eigenvalue weighted by Crippen LogP contribution is -2.40. The summed E-state index contributed by atoms with van der Waals surface area (Å²) in [7, 11) is 0. The number of halogens is 2. The molecule has 0 aliphatic carbocycles. The molecule has 2 N–H and O–H groups in total. The second-order valence-corrected chi connectivity index (χ2v) is 6.86. The Morgan fingerprint density at radius 2 is 1.96 bits per heavy atom. The van der Waals surface area contributed by atoms with Crippen molar-refractivity contribution >= 4 is 52.7 Å². The predicted octanol–water partition coefficient (Wildman–Crippen LogP) is 2.20. The first-order chi connectivity index (χ1) is 12.1. The van der Waals surface area contributed by atoms with Crippen molar-refractivity contribution in [1.82, 2.24) is 10.2 Å². The lowest BCUT2D eigenvalue weighted by molar-refractivity contribution is -0.147. The molecule has 1 aliphatic rings. The number of esters is 1. The Balaban J connectivity index is 1.78. The van der Waals surface area contributed by atoms with E-state index in [9.17, 15) is 19.2 Å². The first-order valence-electron chi connectivity index (χ1n) is 7.65. The van der Waals surface area contributed by atoms with Gasteiger partial charge in [-0.15, -0.1) is 0 Å². The van der Waals surface area contributed by atoms with E-state index in [1.807, 2.05) is 0 Å². The van der Waals surface area contributed by atoms with Crippen LogP contribution in [0.25, 0.3) is 0 Å². The maximum atomic E-state index is 12.0. The zero-order chi connectivity index (χ0) is 19.5. The summed E-state index contributed by atoms with van der Waals surface area (Å²) >= 11 is 11.8. The van der Waals surface area contributed by atoms with Crippen LogP contribution in [0.5, 0.6) is 0 Å². The summed E-state index contributed by atoms with van der Waals surface area (Å²) in [6, 6.07) is 4.15. The molecule has 1 aromatic carbocycles. The maximum Gasteiger partial charge on any atom is 0.325 e. The van der Waals surface area contributed by atoms with Gasteiger partial charge in [0.05, 0.1) is 22.2 Å².